The molecule has 2 amide bonds. The molecule has 0 N–H and O–H groups in total. The number of carbonyl (C=O) groups excluding carboxylic acids is 2. The van der Waals surface area contributed by atoms with Crippen LogP contribution in [0.4, 0.5) is 5.69 Å². The van der Waals surface area contributed by atoms with Gasteiger partial charge in [-0.1, -0.05) is 42.5 Å². The molecule has 0 radical (unpaired) electrons. The van der Waals surface area contributed by atoms with Crippen LogP contribution in [0.15, 0.2) is 66.7 Å². The van der Waals surface area contributed by atoms with Gasteiger partial charge in [-0.25, -0.2) is 0 Å². The molecule has 0 saturated carbocycles. The predicted molar refractivity (Wildman–Crippen MR) is 126 cm³/mol. The minimum absolute atomic E-state index is 0.00323. The molecule has 6 heteroatoms. The third-order valence-corrected chi connectivity index (χ3v) is 6.57. The average Bonchev–Trinajstić information content (AvgIpc) is 3.43. The number of hydrogen-bond acceptors (Lipinski definition) is 4. The molecule has 2 aliphatic rings. The number of carbonyl (C=O) groups is 2. The minimum Gasteiger partial charge on any atom is -0.493 e. The van der Waals surface area contributed by atoms with Gasteiger partial charge >= 0.3 is 0 Å². The molecule has 0 fully saturated rings. The summed E-state index contributed by atoms with van der Waals surface area (Å²) in [5, 5.41) is 0. The van der Waals surface area contributed by atoms with Crippen molar-refractivity contribution in [1.82, 2.24) is 4.90 Å². The van der Waals surface area contributed by atoms with Crippen molar-refractivity contribution in [3.8, 4) is 11.5 Å². The van der Waals surface area contributed by atoms with Crippen LogP contribution in [0.3, 0.4) is 0 Å². The van der Waals surface area contributed by atoms with Crippen LogP contribution in [-0.4, -0.2) is 37.5 Å². The first-order valence-corrected chi connectivity index (χ1v) is 11.1. The van der Waals surface area contributed by atoms with Crippen molar-refractivity contribution in [2.24, 2.45) is 0 Å². The van der Waals surface area contributed by atoms with E-state index in [1.165, 1.54) is 5.56 Å². The zero-order valence-corrected chi connectivity index (χ0v) is 18.8. The quantitative estimate of drug-likeness (QED) is 0.569. The van der Waals surface area contributed by atoms with Crippen LogP contribution in [0.25, 0.3) is 0 Å². The van der Waals surface area contributed by atoms with Crippen LogP contribution in [0.5, 0.6) is 11.5 Å². The normalized spacial score (nSPS) is 15.3. The van der Waals surface area contributed by atoms with E-state index in [9.17, 15) is 9.59 Å². The van der Waals surface area contributed by atoms with E-state index in [2.05, 4.69) is 6.07 Å². The molecule has 0 spiro atoms. The Morgan fingerprint density at radius 2 is 1.67 bits per heavy atom. The van der Waals surface area contributed by atoms with Crippen molar-refractivity contribution in [3.63, 3.8) is 0 Å². The zero-order valence-electron chi connectivity index (χ0n) is 18.8. The minimum atomic E-state index is -0.426. The van der Waals surface area contributed by atoms with Gasteiger partial charge in [-0.15, -0.1) is 0 Å². The lowest BCUT2D eigenvalue weighted by molar-refractivity contribution is -0.119. The Hall–Kier alpha value is -3.80. The van der Waals surface area contributed by atoms with Crippen molar-refractivity contribution >= 4 is 17.5 Å². The molecule has 0 bridgehead atoms. The van der Waals surface area contributed by atoms with E-state index in [-0.39, 0.29) is 18.2 Å². The van der Waals surface area contributed by atoms with Crippen molar-refractivity contribution in [2.45, 2.75) is 25.4 Å². The van der Waals surface area contributed by atoms with E-state index in [1.54, 1.807) is 19.1 Å². The van der Waals surface area contributed by atoms with Gasteiger partial charge in [-0.2, -0.15) is 0 Å². The van der Waals surface area contributed by atoms with Gasteiger partial charge in [0, 0.05) is 24.3 Å². The standard InChI is InChI=1S/C27H26N2O4/c1-32-24-12-11-19(15-25(24)33-2)23(29-17-20-8-3-5-9-21(20)27(29)31)16-26(30)28-14-13-18-7-4-6-10-22(18)28/h3-12,15,23H,13-14,16-17H2,1-2H3/t23-/m0/s1. The Balaban J connectivity index is 1.50. The number of rotatable bonds is 6. The molecule has 2 heterocycles. The maximum atomic E-state index is 13.5. The first kappa shape index (κ1) is 21.1. The summed E-state index contributed by atoms with van der Waals surface area (Å²) < 4.78 is 10.9. The molecule has 0 aliphatic carbocycles. The topological polar surface area (TPSA) is 59.1 Å². The summed E-state index contributed by atoms with van der Waals surface area (Å²) in [7, 11) is 3.17. The number of hydrogen-bond donors (Lipinski definition) is 0. The smallest absolute Gasteiger partial charge is 0.255 e. The van der Waals surface area contributed by atoms with Crippen molar-refractivity contribution in [3.05, 3.63) is 89.0 Å². The van der Waals surface area contributed by atoms with Crippen molar-refractivity contribution < 1.29 is 19.1 Å². The largest absolute Gasteiger partial charge is 0.493 e. The molecule has 33 heavy (non-hydrogen) atoms. The fourth-order valence-electron chi connectivity index (χ4n) is 4.87. The summed E-state index contributed by atoms with van der Waals surface area (Å²) in [6.07, 6.45) is 1.03. The highest BCUT2D eigenvalue weighted by molar-refractivity contribution is 6.00. The van der Waals surface area contributed by atoms with Crippen LogP contribution in [-0.2, 0) is 17.8 Å². The molecular formula is C27H26N2O4. The number of benzene rings is 3. The highest BCUT2D eigenvalue weighted by Gasteiger charge is 2.36. The number of nitrogens with zero attached hydrogens (tertiary/aromatic N) is 2. The van der Waals surface area contributed by atoms with E-state index >= 15 is 0 Å². The predicted octanol–water partition coefficient (Wildman–Crippen LogP) is 4.38. The first-order valence-electron chi connectivity index (χ1n) is 11.1. The van der Waals surface area contributed by atoms with Gasteiger partial charge in [0.05, 0.1) is 26.7 Å². The van der Waals surface area contributed by atoms with Gasteiger partial charge in [0.2, 0.25) is 5.91 Å². The second kappa shape index (κ2) is 8.62. The van der Waals surface area contributed by atoms with E-state index in [4.69, 9.17) is 9.47 Å². The molecule has 3 aromatic rings. The van der Waals surface area contributed by atoms with Gasteiger partial charge in [-0.3, -0.25) is 9.59 Å². The molecule has 1 atom stereocenters. The lowest BCUT2D eigenvalue weighted by Gasteiger charge is -2.30. The number of methoxy groups -OCH3 is 2. The second-order valence-electron chi connectivity index (χ2n) is 8.35. The summed E-state index contributed by atoms with van der Waals surface area (Å²) in [5.74, 6) is 1.13. The number of para-hydroxylation sites is 1. The van der Waals surface area contributed by atoms with Crippen LogP contribution in [0.2, 0.25) is 0 Å². The molecule has 0 aromatic heterocycles. The molecule has 5 rings (SSSR count). The van der Waals surface area contributed by atoms with Crippen molar-refractivity contribution in [2.75, 3.05) is 25.7 Å². The van der Waals surface area contributed by atoms with Crippen LogP contribution < -0.4 is 14.4 Å². The average molecular weight is 443 g/mol. The number of fused-ring (bicyclic) bond motifs is 2. The van der Waals surface area contributed by atoms with Gasteiger partial charge in [0.1, 0.15) is 0 Å². The fourth-order valence-corrected chi connectivity index (χ4v) is 4.87. The highest BCUT2D eigenvalue weighted by Crippen LogP contribution is 2.38. The first-order chi connectivity index (χ1) is 16.1. The molecule has 2 aliphatic heterocycles. The zero-order chi connectivity index (χ0) is 22.9. The van der Waals surface area contributed by atoms with Crippen LogP contribution in [0, 0.1) is 0 Å². The second-order valence-corrected chi connectivity index (χ2v) is 8.35. The summed E-state index contributed by atoms with van der Waals surface area (Å²) in [5.41, 5.74) is 4.66. The Morgan fingerprint density at radius 3 is 2.42 bits per heavy atom. The lowest BCUT2D eigenvalue weighted by atomic mass is 10.00. The Labute approximate surface area is 193 Å². The fraction of sp³-hybridized carbons (Fsp3) is 0.259. The molecule has 6 nitrogen and oxygen atoms in total. The number of amides is 2. The molecule has 3 aromatic carbocycles. The maximum absolute atomic E-state index is 13.5. The van der Waals surface area contributed by atoms with E-state index < -0.39 is 6.04 Å². The number of ether oxygens (including phenoxy) is 2. The molecule has 0 unspecified atom stereocenters. The van der Waals surface area contributed by atoms with E-state index in [1.807, 2.05) is 65.6 Å². The van der Waals surface area contributed by atoms with Crippen LogP contribution >= 0.6 is 0 Å². The lowest BCUT2D eigenvalue weighted by Crippen LogP contribution is -2.36. The Kier molecular flexibility index (Phi) is 5.50. The van der Waals surface area contributed by atoms with Gasteiger partial charge in [0.25, 0.3) is 5.91 Å². The maximum Gasteiger partial charge on any atom is 0.255 e. The Bertz CT molecular complexity index is 1220. The molecule has 0 saturated heterocycles. The monoisotopic (exact) mass is 442 g/mol. The SMILES string of the molecule is COc1ccc([C@H](CC(=O)N2CCc3ccccc32)N2Cc3ccccc3C2=O)cc1OC. The molecule has 168 valence electrons. The summed E-state index contributed by atoms with van der Waals surface area (Å²) in [4.78, 5) is 30.5. The van der Waals surface area contributed by atoms with Gasteiger partial charge in [0.15, 0.2) is 11.5 Å². The highest BCUT2D eigenvalue weighted by atomic mass is 16.5. The summed E-state index contributed by atoms with van der Waals surface area (Å²) >= 11 is 0. The van der Waals surface area contributed by atoms with Crippen LogP contribution in [0.1, 0.15) is 39.5 Å². The molecular weight excluding hydrogens is 416 g/mol. The van der Waals surface area contributed by atoms with E-state index in [0.717, 1.165) is 23.2 Å². The Morgan fingerprint density at radius 1 is 0.939 bits per heavy atom. The summed E-state index contributed by atoms with van der Waals surface area (Å²) in [6, 6.07) is 20.8. The number of anilines is 1. The summed E-state index contributed by atoms with van der Waals surface area (Å²) in [6.45, 7) is 1.13. The van der Waals surface area contributed by atoms with Gasteiger partial charge in [-0.05, 0) is 47.4 Å². The third-order valence-electron chi connectivity index (χ3n) is 6.57. The van der Waals surface area contributed by atoms with Gasteiger partial charge < -0.3 is 19.3 Å². The van der Waals surface area contributed by atoms with E-state index in [0.29, 0.717) is 30.2 Å². The third kappa shape index (κ3) is 3.71. The van der Waals surface area contributed by atoms with Crippen molar-refractivity contribution in [1.29, 1.82) is 0 Å².